The molecule has 128 valence electrons. The molecular weight excluding hydrogens is 312 g/mol. The highest BCUT2D eigenvalue weighted by molar-refractivity contribution is 5.91. The number of rotatable bonds is 6. The molecule has 0 saturated heterocycles. The molecule has 1 amide bonds. The number of methoxy groups -OCH3 is 1. The highest BCUT2D eigenvalue weighted by Crippen LogP contribution is 2.25. The standard InChI is InChI=1S/C21H22N2O2/c1-16-6-5-7-18(14-16)22-21(24)15-20(23-12-3-4-13-23)17-8-10-19(25-2)11-9-17/h3-14,20H,15H2,1-2H3,(H,22,24)/t20-/m1/s1. The summed E-state index contributed by atoms with van der Waals surface area (Å²) in [6, 6.07) is 19.5. The summed E-state index contributed by atoms with van der Waals surface area (Å²) in [5.41, 5.74) is 3.01. The minimum absolute atomic E-state index is 0.0138. The molecule has 4 heteroatoms. The molecule has 1 N–H and O–H groups in total. The predicted octanol–water partition coefficient (Wildman–Crippen LogP) is 4.42. The van der Waals surface area contributed by atoms with Gasteiger partial charge in [0.25, 0.3) is 0 Å². The smallest absolute Gasteiger partial charge is 0.226 e. The second-order valence-electron chi connectivity index (χ2n) is 6.04. The highest BCUT2D eigenvalue weighted by Gasteiger charge is 2.17. The number of nitrogens with one attached hydrogen (secondary N) is 1. The van der Waals surface area contributed by atoms with Crippen molar-refractivity contribution >= 4 is 11.6 Å². The first-order valence-corrected chi connectivity index (χ1v) is 8.28. The van der Waals surface area contributed by atoms with Gasteiger partial charge in [0.2, 0.25) is 5.91 Å². The van der Waals surface area contributed by atoms with Crippen molar-refractivity contribution in [1.82, 2.24) is 4.57 Å². The average molecular weight is 334 g/mol. The van der Waals surface area contributed by atoms with Crippen molar-refractivity contribution in [2.75, 3.05) is 12.4 Å². The van der Waals surface area contributed by atoms with Crippen molar-refractivity contribution in [3.8, 4) is 5.75 Å². The lowest BCUT2D eigenvalue weighted by molar-refractivity contribution is -0.116. The van der Waals surface area contributed by atoms with Crippen molar-refractivity contribution in [2.24, 2.45) is 0 Å². The van der Waals surface area contributed by atoms with Gasteiger partial charge in [-0.2, -0.15) is 0 Å². The van der Waals surface area contributed by atoms with E-state index < -0.39 is 0 Å². The molecule has 0 bridgehead atoms. The van der Waals surface area contributed by atoms with Crippen molar-refractivity contribution < 1.29 is 9.53 Å². The van der Waals surface area contributed by atoms with E-state index in [2.05, 4.69) is 9.88 Å². The monoisotopic (exact) mass is 334 g/mol. The minimum atomic E-state index is -0.0642. The van der Waals surface area contributed by atoms with Gasteiger partial charge in [-0.05, 0) is 54.4 Å². The third-order valence-electron chi connectivity index (χ3n) is 4.17. The number of amides is 1. The van der Waals surface area contributed by atoms with Gasteiger partial charge in [-0.25, -0.2) is 0 Å². The number of anilines is 1. The Hall–Kier alpha value is -3.01. The predicted molar refractivity (Wildman–Crippen MR) is 100.0 cm³/mol. The van der Waals surface area contributed by atoms with E-state index >= 15 is 0 Å². The number of nitrogens with zero attached hydrogens (tertiary/aromatic N) is 1. The van der Waals surface area contributed by atoms with Gasteiger partial charge < -0.3 is 14.6 Å². The van der Waals surface area contributed by atoms with E-state index in [0.29, 0.717) is 6.42 Å². The van der Waals surface area contributed by atoms with Crippen LogP contribution in [0.4, 0.5) is 5.69 Å². The summed E-state index contributed by atoms with van der Waals surface area (Å²) in [6.45, 7) is 2.01. The first-order chi connectivity index (χ1) is 12.2. The maximum absolute atomic E-state index is 12.6. The first-order valence-electron chi connectivity index (χ1n) is 8.28. The molecule has 25 heavy (non-hydrogen) atoms. The molecule has 0 aliphatic carbocycles. The number of aromatic nitrogens is 1. The second kappa shape index (κ2) is 7.71. The molecule has 4 nitrogen and oxygen atoms in total. The molecule has 0 fully saturated rings. The van der Waals surface area contributed by atoms with E-state index in [1.165, 1.54) is 0 Å². The van der Waals surface area contributed by atoms with Crippen LogP contribution in [0.2, 0.25) is 0 Å². The number of ether oxygens (including phenoxy) is 1. The second-order valence-corrected chi connectivity index (χ2v) is 6.04. The van der Waals surface area contributed by atoms with Crippen molar-refractivity contribution in [3.05, 3.63) is 84.2 Å². The molecule has 3 rings (SSSR count). The molecule has 2 aromatic carbocycles. The number of aryl methyl sites for hydroxylation is 1. The Kier molecular flexibility index (Phi) is 5.19. The van der Waals surface area contributed by atoms with E-state index in [-0.39, 0.29) is 11.9 Å². The number of hydrogen-bond acceptors (Lipinski definition) is 2. The van der Waals surface area contributed by atoms with E-state index in [9.17, 15) is 4.79 Å². The summed E-state index contributed by atoms with van der Waals surface area (Å²) in [5, 5.41) is 2.99. The highest BCUT2D eigenvalue weighted by atomic mass is 16.5. The average Bonchev–Trinajstić information content (AvgIpc) is 3.14. The molecule has 0 aliphatic rings. The zero-order valence-electron chi connectivity index (χ0n) is 14.5. The fourth-order valence-corrected chi connectivity index (χ4v) is 2.89. The SMILES string of the molecule is COc1ccc([C@@H](CC(=O)Nc2cccc(C)c2)n2cccc2)cc1. The van der Waals surface area contributed by atoms with Crippen LogP contribution >= 0.6 is 0 Å². The fourth-order valence-electron chi connectivity index (χ4n) is 2.89. The molecule has 1 heterocycles. The third-order valence-corrected chi connectivity index (χ3v) is 4.17. The van der Waals surface area contributed by atoms with E-state index in [1.807, 2.05) is 80.0 Å². The Bertz CT molecular complexity index is 823. The van der Waals surface area contributed by atoms with Crippen LogP contribution < -0.4 is 10.1 Å². The van der Waals surface area contributed by atoms with Crippen LogP contribution in [0, 0.1) is 6.92 Å². The van der Waals surface area contributed by atoms with Crippen LogP contribution in [0.5, 0.6) is 5.75 Å². The quantitative estimate of drug-likeness (QED) is 0.725. The van der Waals surface area contributed by atoms with Crippen molar-refractivity contribution in [2.45, 2.75) is 19.4 Å². The summed E-state index contributed by atoms with van der Waals surface area (Å²) in [5.74, 6) is 0.791. The summed E-state index contributed by atoms with van der Waals surface area (Å²) in [7, 11) is 1.65. The van der Waals surface area contributed by atoms with Crippen LogP contribution in [-0.2, 0) is 4.79 Å². The summed E-state index contributed by atoms with van der Waals surface area (Å²) >= 11 is 0. The van der Waals surface area contributed by atoms with Gasteiger partial charge in [-0.3, -0.25) is 4.79 Å². The van der Waals surface area contributed by atoms with Gasteiger partial charge in [0.05, 0.1) is 19.6 Å². The summed E-state index contributed by atoms with van der Waals surface area (Å²) < 4.78 is 7.28. The zero-order chi connectivity index (χ0) is 17.6. The van der Waals surface area contributed by atoms with Crippen molar-refractivity contribution in [1.29, 1.82) is 0 Å². The van der Waals surface area contributed by atoms with E-state index in [4.69, 9.17) is 4.74 Å². The van der Waals surface area contributed by atoms with Gasteiger partial charge in [-0.1, -0.05) is 24.3 Å². The Morgan fingerprint density at radius 3 is 2.44 bits per heavy atom. The fraction of sp³-hybridized carbons (Fsp3) is 0.190. The maximum Gasteiger partial charge on any atom is 0.226 e. The minimum Gasteiger partial charge on any atom is -0.497 e. The molecule has 0 unspecified atom stereocenters. The molecule has 0 radical (unpaired) electrons. The normalized spacial score (nSPS) is 11.8. The Labute approximate surface area is 148 Å². The lowest BCUT2D eigenvalue weighted by Gasteiger charge is -2.20. The number of carbonyl (C=O) groups is 1. The maximum atomic E-state index is 12.6. The molecule has 1 atom stereocenters. The van der Waals surface area contributed by atoms with Gasteiger partial charge in [0, 0.05) is 18.1 Å². The summed E-state index contributed by atoms with van der Waals surface area (Å²) in [6.07, 6.45) is 4.32. The van der Waals surface area contributed by atoms with Gasteiger partial charge >= 0.3 is 0 Å². The van der Waals surface area contributed by atoms with Crippen LogP contribution in [0.15, 0.2) is 73.1 Å². The lowest BCUT2D eigenvalue weighted by Crippen LogP contribution is -2.19. The largest absolute Gasteiger partial charge is 0.497 e. The van der Waals surface area contributed by atoms with Gasteiger partial charge in [-0.15, -0.1) is 0 Å². The van der Waals surface area contributed by atoms with Crippen LogP contribution in [0.1, 0.15) is 23.6 Å². The summed E-state index contributed by atoms with van der Waals surface area (Å²) in [4.78, 5) is 12.6. The molecule has 0 spiro atoms. The molecule has 1 aromatic heterocycles. The van der Waals surface area contributed by atoms with Crippen molar-refractivity contribution in [3.63, 3.8) is 0 Å². The number of benzene rings is 2. The topological polar surface area (TPSA) is 43.3 Å². The molecular formula is C21H22N2O2. The Morgan fingerprint density at radius 1 is 1.08 bits per heavy atom. The Balaban J connectivity index is 1.79. The van der Waals surface area contributed by atoms with Crippen LogP contribution in [0.25, 0.3) is 0 Å². The van der Waals surface area contributed by atoms with E-state index in [1.54, 1.807) is 7.11 Å². The number of carbonyl (C=O) groups excluding carboxylic acids is 1. The molecule has 3 aromatic rings. The zero-order valence-corrected chi connectivity index (χ0v) is 14.5. The van der Waals surface area contributed by atoms with Crippen LogP contribution in [0.3, 0.4) is 0 Å². The van der Waals surface area contributed by atoms with Gasteiger partial charge in [0.15, 0.2) is 0 Å². The van der Waals surface area contributed by atoms with E-state index in [0.717, 1.165) is 22.6 Å². The number of hydrogen-bond donors (Lipinski definition) is 1. The third kappa shape index (κ3) is 4.29. The van der Waals surface area contributed by atoms with Gasteiger partial charge in [0.1, 0.15) is 5.75 Å². The Morgan fingerprint density at radius 2 is 1.80 bits per heavy atom. The molecule has 0 aliphatic heterocycles. The molecule has 0 saturated carbocycles. The lowest BCUT2D eigenvalue weighted by atomic mass is 10.0. The first kappa shape index (κ1) is 16.8. The van der Waals surface area contributed by atoms with Crippen LogP contribution in [-0.4, -0.2) is 17.6 Å².